The Kier molecular flexibility index (Phi) is 7.36. The highest BCUT2D eigenvalue weighted by molar-refractivity contribution is 5.98. The molecule has 0 spiro atoms. The Morgan fingerprint density at radius 3 is 2.33 bits per heavy atom. The molecule has 3 aromatic rings. The van der Waals surface area contributed by atoms with E-state index in [4.69, 9.17) is 4.74 Å². The molecule has 8 heteroatoms. The number of hydrogen-bond donors (Lipinski definition) is 1. The zero-order valence-electron chi connectivity index (χ0n) is 18.2. The molecule has 0 radical (unpaired) electrons. The predicted octanol–water partition coefficient (Wildman–Crippen LogP) is 4.25. The Balaban J connectivity index is 1.61. The van der Waals surface area contributed by atoms with Gasteiger partial charge in [-0.1, -0.05) is 18.2 Å². The van der Waals surface area contributed by atoms with Gasteiger partial charge in [0, 0.05) is 23.4 Å². The van der Waals surface area contributed by atoms with Crippen LogP contribution in [0.5, 0.6) is 0 Å². The van der Waals surface area contributed by atoms with Crippen molar-refractivity contribution in [1.82, 2.24) is 4.57 Å². The smallest absolute Gasteiger partial charge is 0.306 e. The summed E-state index contributed by atoms with van der Waals surface area (Å²) in [4.78, 5) is 36.5. The predicted molar refractivity (Wildman–Crippen MR) is 120 cm³/mol. The van der Waals surface area contributed by atoms with E-state index in [2.05, 4.69) is 11.4 Å². The number of carbonyl (C=O) groups excluding carboxylic acids is 3. The lowest BCUT2D eigenvalue weighted by Crippen LogP contribution is -2.23. The van der Waals surface area contributed by atoms with Crippen molar-refractivity contribution >= 4 is 23.5 Å². The third-order valence-electron chi connectivity index (χ3n) is 5.18. The standard InChI is InChI=1S/C25H22FN3O4/c1-16-17(2)29(20-6-4-3-5-7-20)25(21(16)14-27)28-23(31)15-33-24(32)13-12-22(30)18-8-10-19(26)11-9-18/h3-11H,12-13,15H2,1-2H3,(H,28,31). The van der Waals surface area contributed by atoms with Gasteiger partial charge in [0.15, 0.2) is 12.4 Å². The summed E-state index contributed by atoms with van der Waals surface area (Å²) < 4.78 is 19.7. The van der Waals surface area contributed by atoms with Gasteiger partial charge in [0.2, 0.25) is 0 Å². The van der Waals surface area contributed by atoms with Crippen molar-refractivity contribution in [2.24, 2.45) is 0 Å². The molecule has 0 bridgehead atoms. The van der Waals surface area contributed by atoms with Crippen molar-refractivity contribution in [3.8, 4) is 11.8 Å². The van der Waals surface area contributed by atoms with Crippen molar-refractivity contribution in [2.45, 2.75) is 26.7 Å². The zero-order chi connectivity index (χ0) is 24.0. The first-order valence-corrected chi connectivity index (χ1v) is 10.2. The van der Waals surface area contributed by atoms with Crippen LogP contribution in [0.1, 0.15) is 40.0 Å². The lowest BCUT2D eigenvalue weighted by atomic mass is 10.1. The number of hydrogen-bond acceptors (Lipinski definition) is 5. The summed E-state index contributed by atoms with van der Waals surface area (Å²) in [7, 11) is 0. The topological polar surface area (TPSA) is 101 Å². The molecule has 0 atom stereocenters. The molecule has 1 N–H and O–H groups in total. The van der Waals surface area contributed by atoms with E-state index in [1.165, 1.54) is 24.3 Å². The summed E-state index contributed by atoms with van der Waals surface area (Å²) in [6.45, 7) is 3.07. The number of halogens is 1. The van der Waals surface area contributed by atoms with Crippen LogP contribution in [-0.4, -0.2) is 28.8 Å². The van der Waals surface area contributed by atoms with Crippen LogP contribution in [0.4, 0.5) is 10.2 Å². The highest BCUT2D eigenvalue weighted by Gasteiger charge is 2.21. The quantitative estimate of drug-likeness (QED) is 0.411. The third-order valence-corrected chi connectivity index (χ3v) is 5.18. The van der Waals surface area contributed by atoms with Crippen LogP contribution in [-0.2, 0) is 14.3 Å². The fourth-order valence-electron chi connectivity index (χ4n) is 3.34. The molecule has 0 saturated heterocycles. The van der Waals surface area contributed by atoms with Crippen molar-refractivity contribution in [3.05, 3.63) is 82.8 Å². The second-order valence-corrected chi connectivity index (χ2v) is 7.36. The second-order valence-electron chi connectivity index (χ2n) is 7.36. The Labute approximate surface area is 190 Å². The monoisotopic (exact) mass is 447 g/mol. The molecule has 0 aliphatic rings. The maximum Gasteiger partial charge on any atom is 0.306 e. The first kappa shape index (κ1) is 23.4. The van der Waals surface area contributed by atoms with Gasteiger partial charge in [0.1, 0.15) is 17.7 Å². The number of nitriles is 1. The van der Waals surface area contributed by atoms with E-state index in [0.29, 0.717) is 16.9 Å². The largest absolute Gasteiger partial charge is 0.456 e. The molecule has 1 heterocycles. The molecule has 0 aliphatic carbocycles. The molecule has 33 heavy (non-hydrogen) atoms. The first-order valence-electron chi connectivity index (χ1n) is 10.2. The fourth-order valence-corrected chi connectivity index (χ4v) is 3.34. The van der Waals surface area contributed by atoms with E-state index in [9.17, 15) is 24.0 Å². The zero-order valence-corrected chi connectivity index (χ0v) is 18.2. The number of amides is 1. The van der Waals surface area contributed by atoms with E-state index < -0.39 is 24.3 Å². The molecule has 7 nitrogen and oxygen atoms in total. The summed E-state index contributed by atoms with van der Waals surface area (Å²) in [5.41, 5.74) is 2.91. The van der Waals surface area contributed by atoms with Gasteiger partial charge in [-0.3, -0.25) is 19.0 Å². The minimum absolute atomic E-state index is 0.125. The average Bonchev–Trinajstić information content (AvgIpc) is 3.05. The molecule has 0 saturated carbocycles. The van der Waals surface area contributed by atoms with Crippen LogP contribution in [0, 0.1) is 31.0 Å². The number of Topliss-reactive ketones (excluding diaryl/α,β-unsaturated/α-hetero) is 1. The van der Waals surface area contributed by atoms with E-state index in [0.717, 1.165) is 16.9 Å². The van der Waals surface area contributed by atoms with Crippen LogP contribution in [0.25, 0.3) is 5.69 Å². The number of anilines is 1. The lowest BCUT2D eigenvalue weighted by molar-refractivity contribution is -0.147. The van der Waals surface area contributed by atoms with E-state index >= 15 is 0 Å². The molecule has 0 unspecified atom stereocenters. The number of para-hydroxylation sites is 1. The maximum absolute atomic E-state index is 12.9. The number of esters is 1. The van der Waals surface area contributed by atoms with Gasteiger partial charge >= 0.3 is 5.97 Å². The van der Waals surface area contributed by atoms with Crippen LogP contribution in [0.3, 0.4) is 0 Å². The van der Waals surface area contributed by atoms with Gasteiger partial charge in [0.25, 0.3) is 5.91 Å². The van der Waals surface area contributed by atoms with Gasteiger partial charge in [-0.2, -0.15) is 5.26 Å². The molecular formula is C25H22FN3O4. The highest BCUT2D eigenvalue weighted by Crippen LogP contribution is 2.29. The summed E-state index contributed by atoms with van der Waals surface area (Å²) in [5.74, 6) is -1.82. The maximum atomic E-state index is 12.9. The van der Waals surface area contributed by atoms with Crippen molar-refractivity contribution in [2.75, 3.05) is 11.9 Å². The van der Waals surface area contributed by atoms with Gasteiger partial charge in [-0.25, -0.2) is 4.39 Å². The molecule has 1 aromatic heterocycles. The summed E-state index contributed by atoms with van der Waals surface area (Å²) in [5, 5.41) is 12.3. The average molecular weight is 447 g/mol. The van der Waals surface area contributed by atoms with Crippen LogP contribution in [0.2, 0.25) is 0 Å². The Morgan fingerprint density at radius 2 is 1.70 bits per heavy atom. The Bertz CT molecular complexity index is 1230. The van der Waals surface area contributed by atoms with E-state index in [1.54, 1.807) is 11.5 Å². The number of aromatic nitrogens is 1. The lowest BCUT2D eigenvalue weighted by Gasteiger charge is -2.13. The number of rotatable bonds is 8. The molecule has 2 aromatic carbocycles. The molecular weight excluding hydrogens is 425 g/mol. The molecule has 0 aliphatic heterocycles. The fraction of sp³-hybridized carbons (Fsp3) is 0.200. The van der Waals surface area contributed by atoms with Gasteiger partial charge in [0.05, 0.1) is 12.0 Å². The summed E-state index contributed by atoms with van der Waals surface area (Å²) in [6, 6.07) is 16.4. The van der Waals surface area contributed by atoms with E-state index in [-0.39, 0.29) is 18.6 Å². The van der Waals surface area contributed by atoms with Crippen LogP contribution < -0.4 is 5.32 Å². The highest BCUT2D eigenvalue weighted by atomic mass is 19.1. The molecule has 3 rings (SSSR count). The number of carbonyl (C=O) groups is 3. The number of nitrogens with one attached hydrogen (secondary N) is 1. The second kappa shape index (κ2) is 10.4. The van der Waals surface area contributed by atoms with E-state index in [1.807, 2.05) is 37.3 Å². The first-order chi connectivity index (χ1) is 15.8. The minimum atomic E-state index is -0.716. The SMILES string of the molecule is Cc1c(C#N)c(NC(=O)COC(=O)CCC(=O)c2ccc(F)cc2)n(-c2ccccc2)c1C. The summed E-state index contributed by atoms with van der Waals surface area (Å²) in [6.07, 6.45) is -0.342. The Hall–Kier alpha value is -4.25. The summed E-state index contributed by atoms with van der Waals surface area (Å²) >= 11 is 0. The van der Waals surface area contributed by atoms with Gasteiger partial charge < -0.3 is 10.1 Å². The van der Waals surface area contributed by atoms with Gasteiger partial charge in [-0.05, 0) is 55.8 Å². The number of ether oxygens (including phenoxy) is 1. The number of ketones is 1. The number of benzene rings is 2. The Morgan fingerprint density at radius 1 is 1.03 bits per heavy atom. The molecule has 0 fully saturated rings. The normalized spacial score (nSPS) is 10.4. The number of nitrogens with zero attached hydrogens (tertiary/aromatic N) is 2. The van der Waals surface area contributed by atoms with Crippen LogP contribution >= 0.6 is 0 Å². The van der Waals surface area contributed by atoms with Crippen LogP contribution in [0.15, 0.2) is 54.6 Å². The van der Waals surface area contributed by atoms with Gasteiger partial charge in [-0.15, -0.1) is 0 Å². The molecule has 1 amide bonds. The van der Waals surface area contributed by atoms with Crippen molar-refractivity contribution in [3.63, 3.8) is 0 Å². The molecule has 168 valence electrons. The minimum Gasteiger partial charge on any atom is -0.456 e. The third kappa shape index (κ3) is 5.52. The van der Waals surface area contributed by atoms with Crippen molar-refractivity contribution in [1.29, 1.82) is 5.26 Å². The van der Waals surface area contributed by atoms with Crippen molar-refractivity contribution < 1.29 is 23.5 Å².